The van der Waals surface area contributed by atoms with Gasteiger partial charge in [0, 0.05) is 24.6 Å². The van der Waals surface area contributed by atoms with Gasteiger partial charge in [0.15, 0.2) is 0 Å². The summed E-state index contributed by atoms with van der Waals surface area (Å²) in [5, 5.41) is 6.42. The Morgan fingerprint density at radius 2 is 1.95 bits per heavy atom. The van der Waals surface area contributed by atoms with E-state index in [1.165, 1.54) is 0 Å². The van der Waals surface area contributed by atoms with E-state index in [0.29, 0.717) is 35.1 Å². The molecule has 1 aliphatic carbocycles. The number of hydrogen-bond donors (Lipinski definition) is 2. The molecule has 0 spiro atoms. The second-order valence-electron chi connectivity index (χ2n) is 4.85. The molecule has 0 bridgehead atoms. The Bertz CT molecular complexity index is 516. The molecule has 1 aromatic carbocycles. The lowest BCUT2D eigenvalue weighted by atomic mass is 10.2. The molecule has 0 heterocycles. The van der Waals surface area contributed by atoms with Crippen molar-refractivity contribution in [2.45, 2.75) is 25.7 Å². The summed E-state index contributed by atoms with van der Waals surface area (Å²) in [6, 6.07) is 4.94. The smallest absolute Gasteiger partial charge is 0.224 e. The van der Waals surface area contributed by atoms with E-state index in [-0.39, 0.29) is 17.7 Å². The van der Waals surface area contributed by atoms with Crippen LogP contribution in [0, 0.1) is 5.92 Å². The summed E-state index contributed by atoms with van der Waals surface area (Å²) in [5.41, 5.74) is 0.617. The van der Waals surface area contributed by atoms with Crippen LogP contribution in [0.2, 0.25) is 10.0 Å². The Morgan fingerprint density at radius 3 is 2.60 bits per heavy atom. The van der Waals surface area contributed by atoms with Gasteiger partial charge in [0.05, 0.1) is 10.0 Å². The van der Waals surface area contributed by atoms with E-state index in [1.54, 1.807) is 18.2 Å². The van der Waals surface area contributed by atoms with Gasteiger partial charge >= 0.3 is 0 Å². The van der Waals surface area contributed by atoms with Gasteiger partial charge in [-0.1, -0.05) is 23.2 Å². The molecule has 1 aromatic rings. The second-order valence-corrected chi connectivity index (χ2v) is 5.66. The molecular formula is C14H16Cl2N2O2. The van der Waals surface area contributed by atoms with E-state index < -0.39 is 0 Å². The van der Waals surface area contributed by atoms with E-state index in [1.807, 2.05) is 0 Å². The van der Waals surface area contributed by atoms with Crippen LogP contribution in [-0.2, 0) is 9.59 Å². The van der Waals surface area contributed by atoms with Crippen molar-refractivity contribution in [1.29, 1.82) is 0 Å². The van der Waals surface area contributed by atoms with Crippen LogP contribution in [0.3, 0.4) is 0 Å². The first kappa shape index (κ1) is 15.1. The Kier molecular flexibility index (Phi) is 5.26. The van der Waals surface area contributed by atoms with E-state index in [9.17, 15) is 9.59 Å². The van der Waals surface area contributed by atoms with Crippen molar-refractivity contribution in [3.63, 3.8) is 0 Å². The molecule has 0 saturated heterocycles. The Hall–Kier alpha value is -1.26. The van der Waals surface area contributed by atoms with E-state index in [2.05, 4.69) is 10.6 Å². The first-order valence-corrected chi connectivity index (χ1v) is 7.34. The Balaban J connectivity index is 1.66. The van der Waals surface area contributed by atoms with Crippen molar-refractivity contribution in [2.24, 2.45) is 5.92 Å². The number of hydrogen-bond acceptors (Lipinski definition) is 2. The van der Waals surface area contributed by atoms with Crippen LogP contribution in [0.25, 0.3) is 0 Å². The fourth-order valence-corrected chi connectivity index (χ4v) is 2.05. The van der Waals surface area contributed by atoms with Gasteiger partial charge in [-0.3, -0.25) is 9.59 Å². The quantitative estimate of drug-likeness (QED) is 0.792. The third-order valence-electron chi connectivity index (χ3n) is 3.03. The van der Waals surface area contributed by atoms with Crippen LogP contribution in [0.1, 0.15) is 25.7 Å². The van der Waals surface area contributed by atoms with Crippen molar-refractivity contribution in [2.75, 3.05) is 11.9 Å². The average molecular weight is 315 g/mol. The lowest BCUT2D eigenvalue weighted by Gasteiger charge is -2.07. The lowest BCUT2D eigenvalue weighted by Crippen LogP contribution is -2.26. The maximum absolute atomic E-state index is 11.7. The average Bonchev–Trinajstić information content (AvgIpc) is 3.23. The van der Waals surface area contributed by atoms with Crippen LogP contribution in [0.4, 0.5) is 5.69 Å². The van der Waals surface area contributed by atoms with Crippen LogP contribution < -0.4 is 10.6 Å². The van der Waals surface area contributed by atoms with Gasteiger partial charge in [-0.15, -0.1) is 0 Å². The van der Waals surface area contributed by atoms with E-state index >= 15 is 0 Å². The molecule has 4 nitrogen and oxygen atoms in total. The summed E-state index contributed by atoms with van der Waals surface area (Å²) in [7, 11) is 0. The highest BCUT2D eigenvalue weighted by Gasteiger charge is 2.28. The molecule has 0 atom stereocenters. The highest BCUT2D eigenvalue weighted by Crippen LogP contribution is 2.28. The largest absolute Gasteiger partial charge is 0.356 e. The summed E-state index contributed by atoms with van der Waals surface area (Å²) >= 11 is 11.7. The first-order chi connectivity index (χ1) is 9.56. The van der Waals surface area contributed by atoms with E-state index in [4.69, 9.17) is 23.2 Å². The van der Waals surface area contributed by atoms with Gasteiger partial charge in [-0.2, -0.15) is 0 Å². The van der Waals surface area contributed by atoms with Gasteiger partial charge in [0.25, 0.3) is 0 Å². The molecule has 108 valence electrons. The first-order valence-electron chi connectivity index (χ1n) is 6.59. The summed E-state index contributed by atoms with van der Waals surface area (Å²) in [6.45, 7) is 0.532. The molecule has 1 fully saturated rings. The number of benzene rings is 1. The maximum atomic E-state index is 11.7. The maximum Gasteiger partial charge on any atom is 0.224 e. The van der Waals surface area contributed by atoms with Gasteiger partial charge in [0.1, 0.15) is 0 Å². The normalized spacial score (nSPS) is 13.9. The van der Waals surface area contributed by atoms with Crippen molar-refractivity contribution in [3.8, 4) is 0 Å². The summed E-state index contributed by atoms with van der Waals surface area (Å²) in [4.78, 5) is 23.1. The minimum Gasteiger partial charge on any atom is -0.356 e. The molecule has 1 saturated carbocycles. The number of amides is 2. The fourth-order valence-electron chi connectivity index (χ4n) is 1.75. The van der Waals surface area contributed by atoms with Gasteiger partial charge in [-0.25, -0.2) is 0 Å². The van der Waals surface area contributed by atoms with Crippen molar-refractivity contribution < 1.29 is 9.59 Å². The SMILES string of the molecule is O=C(CCCNC(=O)C1CC1)Nc1ccc(Cl)c(Cl)c1. The predicted octanol–water partition coefficient (Wildman–Crippen LogP) is 3.24. The minimum absolute atomic E-state index is 0.106. The summed E-state index contributed by atoms with van der Waals surface area (Å²) in [6.07, 6.45) is 2.95. The van der Waals surface area contributed by atoms with Gasteiger partial charge in [0.2, 0.25) is 11.8 Å². The zero-order valence-corrected chi connectivity index (χ0v) is 12.4. The van der Waals surface area contributed by atoms with Gasteiger partial charge in [-0.05, 0) is 37.5 Å². The molecule has 20 heavy (non-hydrogen) atoms. The Labute approximate surface area is 127 Å². The van der Waals surface area contributed by atoms with Crippen molar-refractivity contribution in [3.05, 3.63) is 28.2 Å². The minimum atomic E-state index is -0.107. The third-order valence-corrected chi connectivity index (χ3v) is 3.77. The third kappa shape index (κ3) is 4.69. The zero-order chi connectivity index (χ0) is 14.5. The molecule has 0 unspecified atom stereocenters. The molecule has 0 aromatic heterocycles. The molecular weight excluding hydrogens is 299 g/mol. The highest BCUT2D eigenvalue weighted by atomic mass is 35.5. The number of halogens is 2. The molecule has 2 rings (SSSR count). The van der Waals surface area contributed by atoms with E-state index in [0.717, 1.165) is 12.8 Å². The lowest BCUT2D eigenvalue weighted by molar-refractivity contribution is -0.122. The molecule has 6 heteroatoms. The molecule has 1 aliphatic rings. The molecule has 2 N–H and O–H groups in total. The fraction of sp³-hybridized carbons (Fsp3) is 0.429. The number of nitrogens with one attached hydrogen (secondary N) is 2. The number of rotatable bonds is 6. The molecule has 0 radical (unpaired) electrons. The topological polar surface area (TPSA) is 58.2 Å². The highest BCUT2D eigenvalue weighted by molar-refractivity contribution is 6.42. The summed E-state index contributed by atoms with van der Waals surface area (Å²) in [5.74, 6) is 0.207. The number of carbonyl (C=O) groups is 2. The molecule has 2 amide bonds. The second kappa shape index (κ2) is 6.95. The van der Waals surface area contributed by atoms with Crippen LogP contribution in [0.15, 0.2) is 18.2 Å². The molecule has 0 aliphatic heterocycles. The van der Waals surface area contributed by atoms with Crippen molar-refractivity contribution in [1.82, 2.24) is 5.32 Å². The van der Waals surface area contributed by atoms with Crippen molar-refractivity contribution >= 4 is 40.7 Å². The van der Waals surface area contributed by atoms with Crippen LogP contribution in [-0.4, -0.2) is 18.4 Å². The Morgan fingerprint density at radius 1 is 1.20 bits per heavy atom. The summed E-state index contributed by atoms with van der Waals surface area (Å²) < 4.78 is 0. The predicted molar refractivity (Wildman–Crippen MR) is 80.1 cm³/mol. The number of anilines is 1. The monoisotopic (exact) mass is 314 g/mol. The number of carbonyl (C=O) groups excluding carboxylic acids is 2. The van der Waals surface area contributed by atoms with Crippen LogP contribution >= 0.6 is 23.2 Å². The zero-order valence-electron chi connectivity index (χ0n) is 10.9. The van der Waals surface area contributed by atoms with Crippen LogP contribution in [0.5, 0.6) is 0 Å². The van der Waals surface area contributed by atoms with Gasteiger partial charge < -0.3 is 10.6 Å². The standard InChI is InChI=1S/C14H16Cl2N2O2/c15-11-6-5-10(8-12(11)16)18-13(19)2-1-7-17-14(20)9-3-4-9/h5-6,8-9H,1-4,7H2,(H,17,20)(H,18,19).